The van der Waals surface area contributed by atoms with Crippen LogP contribution >= 0.6 is 0 Å². The number of ether oxygens (including phenoxy) is 2. The molecule has 0 aromatic heterocycles. The Kier molecular flexibility index (Phi) is 10.1. The van der Waals surface area contributed by atoms with Crippen LogP contribution < -0.4 is 9.47 Å². The van der Waals surface area contributed by atoms with E-state index in [-0.39, 0.29) is 5.60 Å². The van der Waals surface area contributed by atoms with Crippen LogP contribution in [0.3, 0.4) is 0 Å². The van der Waals surface area contributed by atoms with Gasteiger partial charge in [-0.05, 0) is 111 Å². The highest BCUT2D eigenvalue weighted by atomic mass is 16.5. The fraction of sp³-hybridized carbons (Fsp3) is 0.576. The molecule has 0 saturated heterocycles. The highest BCUT2D eigenvalue weighted by Gasteiger charge is 2.36. The molecular weight excluding hydrogens is 442 g/mol. The number of fused-ring (bicyclic) bond motifs is 3. The van der Waals surface area contributed by atoms with Crippen molar-refractivity contribution < 1.29 is 9.47 Å². The Morgan fingerprint density at radius 2 is 1.56 bits per heavy atom. The summed E-state index contributed by atoms with van der Waals surface area (Å²) < 4.78 is 13.0. The maximum absolute atomic E-state index is 6.80. The first-order chi connectivity index (χ1) is 17.1. The second-order valence-corrected chi connectivity index (χ2v) is 11.5. The predicted molar refractivity (Wildman–Crippen MR) is 154 cm³/mol. The van der Waals surface area contributed by atoms with E-state index in [0.717, 1.165) is 69.5 Å². The lowest BCUT2D eigenvalue weighted by atomic mass is 9.84. The maximum atomic E-state index is 6.80. The van der Waals surface area contributed by atoms with Gasteiger partial charge in [0.15, 0.2) is 0 Å². The lowest BCUT2D eigenvalue weighted by Crippen LogP contribution is -2.39. The molecule has 0 amide bonds. The van der Waals surface area contributed by atoms with Crippen LogP contribution in [0.1, 0.15) is 102 Å². The van der Waals surface area contributed by atoms with Crippen LogP contribution in [0.5, 0.6) is 11.5 Å². The van der Waals surface area contributed by atoms with Gasteiger partial charge in [-0.25, -0.2) is 0 Å². The summed E-state index contributed by atoms with van der Waals surface area (Å²) in [4.78, 5) is 2.30. The average Bonchev–Trinajstić information content (AvgIpc) is 2.82. The summed E-state index contributed by atoms with van der Waals surface area (Å²) in [7, 11) is 0. The van der Waals surface area contributed by atoms with Crippen molar-refractivity contribution in [2.75, 3.05) is 13.3 Å². The van der Waals surface area contributed by atoms with Gasteiger partial charge in [-0.15, -0.1) is 6.58 Å². The van der Waals surface area contributed by atoms with Gasteiger partial charge in [0.25, 0.3) is 0 Å². The Balaban J connectivity index is 1.58. The van der Waals surface area contributed by atoms with Crippen molar-refractivity contribution in [3.63, 3.8) is 0 Å². The zero-order chi connectivity index (χ0) is 26.3. The van der Waals surface area contributed by atoms with Crippen LogP contribution in [0.15, 0.2) is 47.6 Å². The minimum absolute atomic E-state index is 0.118. The second kappa shape index (κ2) is 12.8. The molecule has 2 aliphatic heterocycles. The lowest BCUT2D eigenvalue weighted by Gasteiger charge is -2.40. The fourth-order valence-corrected chi connectivity index (χ4v) is 5.38. The highest BCUT2D eigenvalue weighted by Crippen LogP contribution is 2.46. The smallest absolute Gasteiger partial charge is 0.142 e. The third kappa shape index (κ3) is 7.38. The molecule has 0 aliphatic carbocycles. The summed E-state index contributed by atoms with van der Waals surface area (Å²) in [6.07, 6.45) is 18.0. The lowest BCUT2D eigenvalue weighted by molar-refractivity contribution is 0.0530. The number of benzene rings is 1. The van der Waals surface area contributed by atoms with E-state index in [0.29, 0.717) is 6.73 Å². The minimum atomic E-state index is -0.118. The number of rotatable bonds is 11. The molecule has 3 nitrogen and oxygen atoms in total. The molecule has 2 heterocycles. The van der Waals surface area contributed by atoms with Gasteiger partial charge >= 0.3 is 0 Å². The summed E-state index contributed by atoms with van der Waals surface area (Å²) >= 11 is 0. The quantitative estimate of drug-likeness (QED) is 0.288. The Morgan fingerprint density at radius 1 is 0.917 bits per heavy atom. The van der Waals surface area contributed by atoms with Gasteiger partial charge in [0.05, 0.1) is 0 Å². The van der Waals surface area contributed by atoms with Crippen molar-refractivity contribution >= 4 is 0 Å². The topological polar surface area (TPSA) is 21.7 Å². The first-order valence-electron chi connectivity index (χ1n) is 13.9. The SMILES string of the molecule is C=CCN1COc2c(C)c(C)c3c(c2C1)CC[C@@](C)(CC/C=C(\C)CC/C=C(\C)CCC=C(C)C)O3. The van der Waals surface area contributed by atoms with Crippen molar-refractivity contribution in [1.82, 2.24) is 4.90 Å². The highest BCUT2D eigenvalue weighted by molar-refractivity contribution is 5.60. The molecule has 198 valence electrons. The summed E-state index contributed by atoms with van der Waals surface area (Å²) in [6, 6.07) is 0. The number of hydrogen-bond acceptors (Lipinski definition) is 3. The van der Waals surface area contributed by atoms with Crippen LogP contribution in [0, 0.1) is 13.8 Å². The van der Waals surface area contributed by atoms with E-state index in [9.17, 15) is 0 Å². The third-order valence-electron chi connectivity index (χ3n) is 7.86. The second-order valence-electron chi connectivity index (χ2n) is 11.5. The zero-order valence-electron chi connectivity index (χ0n) is 24.1. The first kappa shape index (κ1) is 28.3. The summed E-state index contributed by atoms with van der Waals surface area (Å²) in [5.74, 6) is 2.19. The van der Waals surface area contributed by atoms with Gasteiger partial charge in [-0.3, -0.25) is 4.90 Å². The molecule has 36 heavy (non-hydrogen) atoms. The number of hydrogen-bond donors (Lipinski definition) is 0. The molecule has 0 unspecified atom stereocenters. The van der Waals surface area contributed by atoms with E-state index >= 15 is 0 Å². The minimum Gasteiger partial charge on any atom is -0.487 e. The molecule has 1 aromatic carbocycles. The summed E-state index contributed by atoms with van der Waals surface area (Å²) in [5, 5.41) is 0. The number of allylic oxidation sites excluding steroid dienone is 6. The third-order valence-corrected chi connectivity index (χ3v) is 7.86. The van der Waals surface area contributed by atoms with Crippen LogP contribution in [-0.4, -0.2) is 23.8 Å². The Bertz CT molecular complexity index is 1020. The molecule has 1 atom stereocenters. The van der Waals surface area contributed by atoms with Crippen molar-refractivity contribution in [3.8, 4) is 11.5 Å². The van der Waals surface area contributed by atoms with Crippen molar-refractivity contribution in [2.24, 2.45) is 0 Å². The van der Waals surface area contributed by atoms with Gasteiger partial charge in [-0.2, -0.15) is 0 Å². The van der Waals surface area contributed by atoms with Crippen molar-refractivity contribution in [2.45, 2.75) is 112 Å². The van der Waals surface area contributed by atoms with Gasteiger partial charge in [0, 0.05) is 24.2 Å². The van der Waals surface area contributed by atoms with Crippen LogP contribution in [-0.2, 0) is 13.0 Å². The largest absolute Gasteiger partial charge is 0.487 e. The normalized spacial score (nSPS) is 20.2. The van der Waals surface area contributed by atoms with Crippen LogP contribution in [0.4, 0.5) is 0 Å². The van der Waals surface area contributed by atoms with Crippen LogP contribution in [0.2, 0.25) is 0 Å². The maximum Gasteiger partial charge on any atom is 0.142 e. The van der Waals surface area contributed by atoms with Crippen LogP contribution in [0.25, 0.3) is 0 Å². The molecule has 3 heteroatoms. The first-order valence-corrected chi connectivity index (χ1v) is 13.9. The average molecular weight is 492 g/mol. The molecule has 2 aliphatic rings. The molecule has 0 radical (unpaired) electrons. The van der Waals surface area contributed by atoms with E-state index in [1.165, 1.54) is 45.4 Å². The van der Waals surface area contributed by atoms with E-state index in [1.807, 2.05) is 6.08 Å². The van der Waals surface area contributed by atoms with E-state index in [2.05, 4.69) is 78.2 Å². The molecule has 0 fully saturated rings. The van der Waals surface area contributed by atoms with Crippen molar-refractivity contribution in [3.05, 3.63) is 69.9 Å². The van der Waals surface area contributed by atoms with E-state index < -0.39 is 0 Å². The molecule has 0 saturated carbocycles. The van der Waals surface area contributed by atoms with E-state index in [1.54, 1.807) is 0 Å². The van der Waals surface area contributed by atoms with Gasteiger partial charge in [0.1, 0.15) is 23.8 Å². The standard InChI is InChI=1S/C33H49NO2/c1-9-21-34-22-30-29-18-20-33(8,36-32(29)28(7)27(6)31(30)35-23-34)19-12-17-26(5)16-11-15-25(4)14-10-13-24(2)3/h9,13,15,17H,1,10-12,14,16,18-23H2,2-8H3/b25-15+,26-17+/t33-/m1/s1. The fourth-order valence-electron chi connectivity index (χ4n) is 5.38. The summed E-state index contributed by atoms with van der Waals surface area (Å²) in [5.41, 5.74) is 9.44. The van der Waals surface area contributed by atoms with Gasteiger partial charge < -0.3 is 9.47 Å². The Labute approximate surface area is 221 Å². The van der Waals surface area contributed by atoms with Crippen molar-refractivity contribution in [1.29, 1.82) is 0 Å². The predicted octanol–water partition coefficient (Wildman–Crippen LogP) is 8.92. The zero-order valence-corrected chi connectivity index (χ0v) is 24.1. The molecular formula is C33H49NO2. The molecule has 0 bridgehead atoms. The molecule has 1 aromatic rings. The van der Waals surface area contributed by atoms with Gasteiger partial charge in [0.2, 0.25) is 0 Å². The monoisotopic (exact) mass is 491 g/mol. The molecule has 3 rings (SSSR count). The van der Waals surface area contributed by atoms with Gasteiger partial charge in [-0.1, -0.05) is 41.0 Å². The molecule has 0 spiro atoms. The Morgan fingerprint density at radius 3 is 2.22 bits per heavy atom. The number of nitrogens with zero attached hydrogens (tertiary/aromatic N) is 1. The summed E-state index contributed by atoms with van der Waals surface area (Å²) in [6.45, 7) is 21.8. The molecule has 0 N–H and O–H groups in total. The Hall–Kier alpha value is -2.26. The van der Waals surface area contributed by atoms with E-state index in [4.69, 9.17) is 9.47 Å².